The molecule has 1 heterocycles. The van der Waals surface area contributed by atoms with Crippen LogP contribution >= 0.6 is 23.4 Å². The van der Waals surface area contributed by atoms with Crippen LogP contribution in [0.3, 0.4) is 0 Å². The number of para-hydroxylation sites is 1. The molecule has 108 valence electrons. The highest BCUT2D eigenvalue weighted by molar-refractivity contribution is 7.99. The Bertz CT molecular complexity index is 926. The lowest BCUT2D eigenvalue weighted by atomic mass is 10.2. The molecule has 0 N–H and O–H groups in total. The largest absolute Gasteiger partial charge is 0.268 e. The molecule has 0 amide bonds. The van der Waals surface area contributed by atoms with Gasteiger partial charge in [0.1, 0.15) is 0 Å². The Kier molecular flexibility index (Phi) is 4.19. The van der Waals surface area contributed by atoms with Crippen molar-refractivity contribution < 1.29 is 0 Å². The first-order valence-corrected chi connectivity index (χ1v) is 7.91. The van der Waals surface area contributed by atoms with Crippen LogP contribution in [0.5, 0.6) is 0 Å². The highest BCUT2D eigenvalue weighted by atomic mass is 35.5. The van der Waals surface area contributed by atoms with Crippen molar-refractivity contribution in [3.05, 3.63) is 63.9 Å². The van der Waals surface area contributed by atoms with Crippen LogP contribution in [0.4, 0.5) is 0 Å². The minimum absolute atomic E-state index is 0.118. The fraction of sp³-hybridized carbons (Fsp3) is 0.0588. The van der Waals surface area contributed by atoms with Gasteiger partial charge in [0.15, 0.2) is 5.16 Å². The Balaban J connectivity index is 2.30. The van der Waals surface area contributed by atoms with E-state index >= 15 is 0 Å². The Morgan fingerprint density at radius 3 is 2.64 bits per heavy atom. The lowest BCUT2D eigenvalue weighted by molar-refractivity contribution is 0.821. The van der Waals surface area contributed by atoms with Gasteiger partial charge >= 0.3 is 0 Å². The fourth-order valence-electron chi connectivity index (χ4n) is 2.13. The van der Waals surface area contributed by atoms with E-state index in [1.54, 1.807) is 34.9 Å². The smallest absolute Gasteiger partial charge is 0.266 e. The number of nitrogens with zero attached hydrogens (tertiary/aromatic N) is 2. The summed E-state index contributed by atoms with van der Waals surface area (Å²) in [5, 5.41) is 1.76. The highest BCUT2D eigenvalue weighted by Crippen LogP contribution is 2.21. The molecule has 3 aromatic rings. The fourth-order valence-corrected chi connectivity index (χ4v) is 2.95. The third kappa shape index (κ3) is 2.74. The van der Waals surface area contributed by atoms with Gasteiger partial charge in [-0.25, -0.2) is 4.98 Å². The highest BCUT2D eigenvalue weighted by Gasteiger charge is 2.12. The number of halogens is 1. The van der Waals surface area contributed by atoms with Crippen molar-refractivity contribution in [2.45, 2.75) is 5.16 Å². The van der Waals surface area contributed by atoms with Gasteiger partial charge in [0.25, 0.3) is 5.56 Å². The van der Waals surface area contributed by atoms with Gasteiger partial charge in [0, 0.05) is 5.02 Å². The Morgan fingerprint density at radius 1 is 1.18 bits per heavy atom. The summed E-state index contributed by atoms with van der Waals surface area (Å²) >= 11 is 7.28. The average molecular weight is 327 g/mol. The number of aromatic nitrogens is 2. The van der Waals surface area contributed by atoms with Crippen molar-refractivity contribution in [2.75, 3.05) is 5.75 Å². The molecule has 0 aliphatic rings. The maximum absolute atomic E-state index is 12.8. The summed E-state index contributed by atoms with van der Waals surface area (Å²) in [5.41, 5.74) is 1.26. The van der Waals surface area contributed by atoms with E-state index in [9.17, 15) is 4.79 Å². The van der Waals surface area contributed by atoms with Crippen LogP contribution in [-0.2, 0) is 0 Å². The summed E-state index contributed by atoms with van der Waals surface area (Å²) < 4.78 is 1.57. The summed E-state index contributed by atoms with van der Waals surface area (Å²) in [5.74, 6) is 3.00. The van der Waals surface area contributed by atoms with Crippen molar-refractivity contribution in [2.24, 2.45) is 0 Å². The van der Waals surface area contributed by atoms with E-state index in [2.05, 4.69) is 10.9 Å². The first-order valence-electron chi connectivity index (χ1n) is 6.54. The van der Waals surface area contributed by atoms with Gasteiger partial charge in [-0.3, -0.25) is 9.36 Å². The molecular formula is C17H11ClN2OS. The zero-order valence-corrected chi connectivity index (χ0v) is 13.1. The number of benzene rings is 2. The second-order valence-electron chi connectivity index (χ2n) is 4.52. The predicted octanol–water partition coefficient (Wildman–Crippen LogP) is 3.76. The van der Waals surface area contributed by atoms with Crippen LogP contribution in [0, 0.1) is 12.3 Å². The third-order valence-corrected chi connectivity index (χ3v) is 4.21. The number of hydrogen-bond acceptors (Lipinski definition) is 3. The van der Waals surface area contributed by atoms with E-state index in [4.69, 9.17) is 18.0 Å². The van der Waals surface area contributed by atoms with E-state index in [-0.39, 0.29) is 5.56 Å². The van der Waals surface area contributed by atoms with Crippen molar-refractivity contribution in [1.82, 2.24) is 9.55 Å². The lowest BCUT2D eigenvalue weighted by Crippen LogP contribution is -2.21. The van der Waals surface area contributed by atoms with Gasteiger partial charge in [0.05, 0.1) is 22.3 Å². The van der Waals surface area contributed by atoms with E-state index < -0.39 is 0 Å². The molecule has 0 radical (unpaired) electrons. The quantitative estimate of drug-likeness (QED) is 0.417. The molecule has 0 atom stereocenters. The number of rotatable bonds is 3. The maximum atomic E-state index is 12.8. The molecule has 0 bridgehead atoms. The molecule has 0 aliphatic heterocycles. The summed E-state index contributed by atoms with van der Waals surface area (Å²) in [4.78, 5) is 17.4. The first kappa shape index (κ1) is 14.7. The average Bonchev–Trinajstić information content (AvgIpc) is 2.54. The molecule has 0 unspecified atom stereocenters. The van der Waals surface area contributed by atoms with Crippen LogP contribution in [0.25, 0.3) is 16.6 Å². The molecule has 3 nitrogen and oxygen atoms in total. The Morgan fingerprint density at radius 2 is 1.91 bits per heavy atom. The SMILES string of the molecule is C#CCSc1nc2ccccc2c(=O)n1-c1ccc(Cl)cc1. The van der Waals surface area contributed by atoms with Gasteiger partial charge in [0.2, 0.25) is 0 Å². The second-order valence-corrected chi connectivity index (χ2v) is 5.90. The number of thioether (sulfide) groups is 1. The van der Waals surface area contributed by atoms with Gasteiger partial charge in [-0.1, -0.05) is 41.4 Å². The number of terminal acetylenes is 1. The molecule has 22 heavy (non-hydrogen) atoms. The maximum Gasteiger partial charge on any atom is 0.266 e. The minimum atomic E-state index is -0.118. The summed E-state index contributed by atoms with van der Waals surface area (Å²) in [7, 11) is 0. The molecule has 1 aromatic heterocycles. The molecule has 0 fully saturated rings. The normalized spacial score (nSPS) is 10.5. The van der Waals surface area contributed by atoms with Crippen molar-refractivity contribution >= 4 is 34.3 Å². The monoisotopic (exact) mass is 326 g/mol. The lowest BCUT2D eigenvalue weighted by Gasteiger charge is -2.12. The molecule has 3 rings (SSSR count). The molecule has 0 saturated carbocycles. The summed E-state index contributed by atoms with van der Waals surface area (Å²) in [6.07, 6.45) is 5.33. The number of hydrogen-bond donors (Lipinski definition) is 0. The molecule has 0 aliphatic carbocycles. The zero-order chi connectivity index (χ0) is 15.5. The molecular weight excluding hydrogens is 316 g/mol. The van der Waals surface area contributed by atoms with Crippen LogP contribution in [0.2, 0.25) is 5.02 Å². The summed E-state index contributed by atoms with van der Waals surface area (Å²) in [6.45, 7) is 0. The third-order valence-electron chi connectivity index (χ3n) is 3.11. The zero-order valence-electron chi connectivity index (χ0n) is 11.5. The molecule has 2 aromatic carbocycles. The van der Waals surface area contributed by atoms with Gasteiger partial charge in [-0.2, -0.15) is 0 Å². The second kappa shape index (κ2) is 6.27. The van der Waals surface area contributed by atoms with Crippen LogP contribution in [0.1, 0.15) is 0 Å². The van der Waals surface area contributed by atoms with Gasteiger partial charge in [-0.15, -0.1) is 6.42 Å². The molecule has 0 saturated heterocycles. The van der Waals surface area contributed by atoms with Crippen molar-refractivity contribution in [3.8, 4) is 18.0 Å². The van der Waals surface area contributed by atoms with E-state index in [0.717, 1.165) is 0 Å². The van der Waals surface area contributed by atoms with Crippen LogP contribution < -0.4 is 5.56 Å². The number of fused-ring (bicyclic) bond motifs is 1. The van der Waals surface area contributed by atoms with Crippen LogP contribution in [0.15, 0.2) is 58.5 Å². The standard InChI is InChI=1S/C17H11ClN2OS/c1-2-11-22-17-19-15-6-4-3-5-14(15)16(21)20(17)13-9-7-12(18)8-10-13/h1,3-10H,11H2. The predicted molar refractivity (Wildman–Crippen MR) is 91.9 cm³/mol. The summed E-state index contributed by atoms with van der Waals surface area (Å²) in [6, 6.07) is 14.3. The van der Waals surface area contributed by atoms with Gasteiger partial charge in [-0.05, 0) is 36.4 Å². The molecule has 5 heteroatoms. The van der Waals surface area contributed by atoms with E-state index in [1.165, 1.54) is 11.8 Å². The van der Waals surface area contributed by atoms with Crippen molar-refractivity contribution in [3.63, 3.8) is 0 Å². The Labute approximate surface area is 137 Å². The van der Waals surface area contributed by atoms with E-state index in [1.807, 2.05) is 18.2 Å². The van der Waals surface area contributed by atoms with Gasteiger partial charge < -0.3 is 0 Å². The van der Waals surface area contributed by atoms with Crippen molar-refractivity contribution in [1.29, 1.82) is 0 Å². The topological polar surface area (TPSA) is 34.9 Å². The minimum Gasteiger partial charge on any atom is -0.268 e. The van der Waals surface area contributed by atoms with Crippen LogP contribution in [-0.4, -0.2) is 15.3 Å². The van der Waals surface area contributed by atoms with E-state index in [0.29, 0.717) is 32.5 Å². The Hall–Kier alpha value is -2.22. The molecule has 0 spiro atoms. The first-order chi connectivity index (χ1) is 10.7.